The van der Waals surface area contributed by atoms with Crippen molar-refractivity contribution in [2.75, 3.05) is 13.7 Å². The number of ether oxygens (including phenoxy) is 3. The number of hydrogen-bond donors (Lipinski definition) is 0. The molecule has 0 amide bonds. The summed E-state index contributed by atoms with van der Waals surface area (Å²) in [6, 6.07) is 7.42. The van der Waals surface area contributed by atoms with Crippen LogP contribution in [0.2, 0.25) is 0 Å². The summed E-state index contributed by atoms with van der Waals surface area (Å²) in [7, 11) is 3.53. The summed E-state index contributed by atoms with van der Waals surface area (Å²) >= 11 is 1.33. The molecule has 1 aliphatic carbocycles. The summed E-state index contributed by atoms with van der Waals surface area (Å²) in [5.74, 6) is 1.07. The maximum absolute atomic E-state index is 12.5. The topological polar surface area (TPSA) is 62.6 Å². The highest BCUT2D eigenvalue weighted by Gasteiger charge is 2.32. The van der Waals surface area contributed by atoms with Crippen LogP contribution in [-0.2, 0) is 24.6 Å². The number of fused-ring (bicyclic) bond motifs is 3. The zero-order valence-electron chi connectivity index (χ0n) is 15.4. The van der Waals surface area contributed by atoms with Gasteiger partial charge in [-0.05, 0) is 43.0 Å². The van der Waals surface area contributed by atoms with Crippen molar-refractivity contribution in [2.24, 2.45) is 7.05 Å². The van der Waals surface area contributed by atoms with E-state index in [0.717, 1.165) is 35.2 Å². The molecule has 0 aliphatic heterocycles. The smallest absolute Gasteiger partial charge is 0.348 e. The van der Waals surface area contributed by atoms with Gasteiger partial charge in [-0.25, -0.2) is 4.79 Å². The van der Waals surface area contributed by atoms with Gasteiger partial charge in [0.15, 0.2) is 5.06 Å². The van der Waals surface area contributed by atoms with Crippen LogP contribution >= 0.6 is 11.3 Å². The molecule has 0 bridgehead atoms. The van der Waals surface area contributed by atoms with E-state index in [2.05, 4.69) is 5.10 Å². The van der Waals surface area contributed by atoms with Gasteiger partial charge in [0.2, 0.25) is 0 Å². The zero-order chi connectivity index (χ0) is 19.0. The standard InChI is InChI=1S/C20H20N2O4S/c1-4-25-19(23)18-15-9-8-12-11-21-22(2)17(12)16(15)20(27-18)26-14-7-5-6-13(10-14)24-3/h5-7,10-11H,4,8-9H2,1-3H3. The second-order valence-corrected chi connectivity index (χ2v) is 7.20. The second kappa shape index (κ2) is 7.08. The van der Waals surface area contributed by atoms with Crippen molar-refractivity contribution in [2.45, 2.75) is 19.8 Å². The Hall–Kier alpha value is -2.80. The van der Waals surface area contributed by atoms with Crippen molar-refractivity contribution in [3.8, 4) is 27.8 Å². The van der Waals surface area contributed by atoms with Gasteiger partial charge in [-0.3, -0.25) is 4.68 Å². The molecule has 3 aromatic rings. The molecule has 2 heterocycles. The minimum absolute atomic E-state index is 0.301. The molecule has 4 rings (SSSR count). The zero-order valence-corrected chi connectivity index (χ0v) is 16.3. The lowest BCUT2D eigenvalue weighted by Gasteiger charge is -2.16. The lowest BCUT2D eigenvalue weighted by molar-refractivity contribution is 0.0531. The average Bonchev–Trinajstić information content (AvgIpc) is 3.23. The van der Waals surface area contributed by atoms with Gasteiger partial charge >= 0.3 is 5.97 Å². The van der Waals surface area contributed by atoms with E-state index in [1.54, 1.807) is 7.11 Å². The van der Waals surface area contributed by atoms with Crippen LogP contribution in [0.15, 0.2) is 30.5 Å². The maximum atomic E-state index is 12.5. The summed E-state index contributed by atoms with van der Waals surface area (Å²) < 4.78 is 18.6. The van der Waals surface area contributed by atoms with E-state index in [1.165, 1.54) is 11.3 Å². The van der Waals surface area contributed by atoms with E-state index in [-0.39, 0.29) is 5.97 Å². The lowest BCUT2D eigenvalue weighted by atomic mass is 9.91. The van der Waals surface area contributed by atoms with Crippen LogP contribution in [0.5, 0.6) is 16.6 Å². The second-order valence-electron chi connectivity index (χ2n) is 6.22. The van der Waals surface area contributed by atoms with Crippen LogP contribution in [-0.4, -0.2) is 29.5 Å². The Bertz CT molecular complexity index is 1010. The first-order valence-corrected chi connectivity index (χ1v) is 9.60. The summed E-state index contributed by atoms with van der Waals surface area (Å²) in [5.41, 5.74) is 4.08. The molecular formula is C20H20N2O4S. The molecule has 1 aromatic carbocycles. The minimum Gasteiger partial charge on any atom is -0.497 e. The lowest BCUT2D eigenvalue weighted by Crippen LogP contribution is -2.10. The molecule has 27 heavy (non-hydrogen) atoms. The molecule has 1 aliphatic rings. The van der Waals surface area contributed by atoms with Crippen molar-refractivity contribution in [1.82, 2.24) is 9.78 Å². The quantitative estimate of drug-likeness (QED) is 0.616. The number of aryl methyl sites for hydroxylation is 2. The molecule has 140 valence electrons. The molecule has 0 radical (unpaired) electrons. The van der Waals surface area contributed by atoms with Gasteiger partial charge in [0.25, 0.3) is 0 Å². The molecule has 0 unspecified atom stereocenters. The first-order valence-electron chi connectivity index (χ1n) is 8.78. The van der Waals surface area contributed by atoms with Crippen molar-refractivity contribution in [3.63, 3.8) is 0 Å². The summed E-state index contributed by atoms with van der Waals surface area (Å²) in [4.78, 5) is 13.1. The fraction of sp³-hybridized carbons (Fsp3) is 0.300. The highest BCUT2D eigenvalue weighted by Crippen LogP contribution is 2.48. The van der Waals surface area contributed by atoms with E-state index < -0.39 is 0 Å². The Kier molecular flexibility index (Phi) is 4.61. The molecule has 0 saturated heterocycles. The molecule has 0 spiro atoms. The number of esters is 1. The van der Waals surface area contributed by atoms with Crippen LogP contribution in [0.1, 0.15) is 27.7 Å². The Morgan fingerprint density at radius 2 is 2.11 bits per heavy atom. The van der Waals surface area contributed by atoms with Crippen LogP contribution in [0, 0.1) is 0 Å². The van der Waals surface area contributed by atoms with Gasteiger partial charge in [0.05, 0.1) is 31.2 Å². The number of nitrogens with zero attached hydrogens (tertiary/aromatic N) is 2. The summed E-state index contributed by atoms with van der Waals surface area (Å²) in [5, 5.41) is 5.06. The molecule has 0 saturated carbocycles. The SMILES string of the molecule is CCOC(=O)c1sc(Oc2cccc(OC)c2)c2c1CCc1cnn(C)c1-2. The molecule has 0 atom stereocenters. The third kappa shape index (κ3) is 3.08. The van der Waals surface area contributed by atoms with Crippen LogP contribution in [0.25, 0.3) is 11.3 Å². The molecular weight excluding hydrogens is 364 g/mol. The molecule has 6 nitrogen and oxygen atoms in total. The third-order valence-corrected chi connectivity index (χ3v) is 5.67. The molecule has 0 fully saturated rings. The van der Waals surface area contributed by atoms with E-state index in [4.69, 9.17) is 14.2 Å². The number of carbonyl (C=O) groups is 1. The molecule has 2 aromatic heterocycles. The highest BCUT2D eigenvalue weighted by atomic mass is 32.1. The fourth-order valence-corrected chi connectivity index (χ4v) is 4.49. The number of benzene rings is 1. The van der Waals surface area contributed by atoms with E-state index in [1.807, 2.05) is 49.1 Å². The first-order chi connectivity index (χ1) is 13.1. The average molecular weight is 384 g/mol. The van der Waals surface area contributed by atoms with Gasteiger partial charge < -0.3 is 14.2 Å². The Balaban J connectivity index is 1.84. The largest absolute Gasteiger partial charge is 0.497 e. The third-order valence-electron chi connectivity index (χ3n) is 4.58. The maximum Gasteiger partial charge on any atom is 0.348 e. The van der Waals surface area contributed by atoms with E-state index in [9.17, 15) is 4.79 Å². The van der Waals surface area contributed by atoms with Gasteiger partial charge in [-0.15, -0.1) is 0 Å². The number of thiophene rings is 1. The van der Waals surface area contributed by atoms with Gasteiger partial charge in [0.1, 0.15) is 16.4 Å². The molecule has 0 N–H and O–H groups in total. The number of hydrogen-bond acceptors (Lipinski definition) is 6. The predicted octanol–water partition coefficient (Wildman–Crippen LogP) is 4.22. The normalized spacial score (nSPS) is 12.3. The summed E-state index contributed by atoms with van der Waals surface area (Å²) in [6.45, 7) is 2.15. The van der Waals surface area contributed by atoms with E-state index >= 15 is 0 Å². The first kappa shape index (κ1) is 17.6. The Morgan fingerprint density at radius 3 is 2.89 bits per heavy atom. The predicted molar refractivity (Wildman–Crippen MR) is 103 cm³/mol. The minimum atomic E-state index is -0.301. The van der Waals surface area contributed by atoms with Gasteiger partial charge in [0, 0.05) is 13.1 Å². The summed E-state index contributed by atoms with van der Waals surface area (Å²) in [6.07, 6.45) is 3.49. The Labute approximate surface area is 161 Å². The van der Waals surface area contributed by atoms with Gasteiger partial charge in [-0.2, -0.15) is 5.10 Å². The van der Waals surface area contributed by atoms with Crippen LogP contribution in [0.3, 0.4) is 0 Å². The van der Waals surface area contributed by atoms with Crippen molar-refractivity contribution >= 4 is 17.3 Å². The monoisotopic (exact) mass is 384 g/mol. The van der Waals surface area contributed by atoms with Crippen LogP contribution in [0.4, 0.5) is 0 Å². The number of methoxy groups -OCH3 is 1. The Morgan fingerprint density at radius 1 is 1.30 bits per heavy atom. The van der Waals surface area contributed by atoms with Crippen molar-refractivity contribution < 1.29 is 19.0 Å². The van der Waals surface area contributed by atoms with Crippen molar-refractivity contribution in [3.05, 3.63) is 46.5 Å². The number of aromatic nitrogens is 2. The van der Waals surface area contributed by atoms with Crippen molar-refractivity contribution in [1.29, 1.82) is 0 Å². The fourth-order valence-electron chi connectivity index (χ4n) is 3.37. The number of carbonyl (C=O) groups excluding carboxylic acids is 1. The molecule has 7 heteroatoms. The number of rotatable bonds is 5. The van der Waals surface area contributed by atoms with Gasteiger partial charge in [-0.1, -0.05) is 17.4 Å². The van der Waals surface area contributed by atoms with Crippen LogP contribution < -0.4 is 9.47 Å². The van der Waals surface area contributed by atoms with E-state index in [0.29, 0.717) is 28.0 Å². The highest BCUT2D eigenvalue weighted by molar-refractivity contribution is 7.16.